The largest absolute Gasteiger partial charge is 0.492 e. The maximum Gasteiger partial charge on any atom is 0.266 e. The molecule has 0 aliphatic rings. The highest BCUT2D eigenvalue weighted by Crippen LogP contribution is 2.31. The van der Waals surface area contributed by atoms with Gasteiger partial charge in [-0.3, -0.25) is 4.55 Å². The van der Waals surface area contributed by atoms with Gasteiger partial charge in [0.1, 0.15) is 6.33 Å². The van der Waals surface area contributed by atoms with Gasteiger partial charge >= 0.3 is 0 Å². The van der Waals surface area contributed by atoms with Crippen molar-refractivity contribution in [1.29, 1.82) is 0 Å². The molecule has 0 radical (unpaired) electrons. The molecule has 0 unspecified atom stereocenters. The van der Waals surface area contributed by atoms with E-state index in [1.54, 1.807) is 6.92 Å². The number of hydrogen-bond donors (Lipinski definition) is 3. The molecule has 124 valence electrons. The van der Waals surface area contributed by atoms with Crippen molar-refractivity contribution in [2.75, 3.05) is 24.7 Å². The molecule has 0 spiro atoms. The van der Waals surface area contributed by atoms with E-state index >= 15 is 0 Å². The molecule has 23 heavy (non-hydrogen) atoms. The highest BCUT2D eigenvalue weighted by molar-refractivity contribution is 7.85. The number of aromatic nitrogens is 5. The minimum atomic E-state index is -4.09. The van der Waals surface area contributed by atoms with Crippen LogP contribution in [0.2, 0.25) is 0 Å². The molecule has 12 nitrogen and oxygen atoms in total. The van der Waals surface area contributed by atoms with Crippen LogP contribution in [0.5, 0.6) is 5.88 Å². The lowest BCUT2D eigenvalue weighted by molar-refractivity contribution is 0.430. The van der Waals surface area contributed by atoms with E-state index in [4.69, 9.17) is 4.55 Å². The van der Waals surface area contributed by atoms with E-state index in [0.717, 1.165) is 11.0 Å². The number of nitrogens with zero attached hydrogens (tertiary/aromatic N) is 7. The number of nitrogens with one attached hydrogen (secondary N) is 1. The van der Waals surface area contributed by atoms with Gasteiger partial charge in [-0.2, -0.15) is 33.3 Å². The van der Waals surface area contributed by atoms with Gasteiger partial charge in [0.15, 0.2) is 5.69 Å². The molecule has 0 amide bonds. The molecule has 2 aromatic heterocycles. The van der Waals surface area contributed by atoms with Crippen LogP contribution in [0.15, 0.2) is 16.6 Å². The molecule has 2 aromatic rings. The molecule has 2 heterocycles. The van der Waals surface area contributed by atoms with E-state index in [1.165, 1.54) is 7.05 Å². The SMILES string of the molecule is C/N=N/c1c(C)nn(-c2ncnc(NCCS(=O)(=O)O)n2)c1O. The first-order valence-electron chi connectivity index (χ1n) is 6.28. The molecule has 0 aromatic carbocycles. The van der Waals surface area contributed by atoms with E-state index in [2.05, 4.69) is 35.6 Å². The molecule has 2 rings (SSSR count). The monoisotopic (exact) mass is 342 g/mol. The minimum Gasteiger partial charge on any atom is -0.492 e. The second kappa shape index (κ2) is 6.62. The van der Waals surface area contributed by atoms with Crippen molar-refractivity contribution >= 4 is 21.8 Å². The predicted octanol–water partition coefficient (Wildman–Crippen LogP) is 0.0845. The van der Waals surface area contributed by atoms with Crippen LogP contribution in [0.3, 0.4) is 0 Å². The number of aromatic hydroxyl groups is 1. The highest BCUT2D eigenvalue weighted by atomic mass is 32.2. The van der Waals surface area contributed by atoms with Crippen LogP contribution in [-0.2, 0) is 10.1 Å². The van der Waals surface area contributed by atoms with Crippen LogP contribution in [0.25, 0.3) is 5.95 Å². The molecule has 0 atom stereocenters. The minimum absolute atomic E-state index is 0.00695. The van der Waals surface area contributed by atoms with Crippen LogP contribution < -0.4 is 5.32 Å². The lowest BCUT2D eigenvalue weighted by atomic mass is 10.4. The first kappa shape index (κ1) is 16.7. The topological polar surface area (TPSA) is 168 Å². The fourth-order valence-electron chi connectivity index (χ4n) is 1.63. The fraction of sp³-hybridized carbons (Fsp3) is 0.400. The summed E-state index contributed by atoms with van der Waals surface area (Å²) < 4.78 is 31.0. The van der Waals surface area contributed by atoms with Gasteiger partial charge in [0.05, 0.1) is 11.4 Å². The van der Waals surface area contributed by atoms with Gasteiger partial charge in [0.2, 0.25) is 11.8 Å². The molecular formula is C10H14N8O4S. The summed E-state index contributed by atoms with van der Waals surface area (Å²) in [4.78, 5) is 11.7. The van der Waals surface area contributed by atoms with E-state index in [0.29, 0.717) is 5.69 Å². The van der Waals surface area contributed by atoms with Crippen molar-refractivity contribution in [3.63, 3.8) is 0 Å². The van der Waals surface area contributed by atoms with Crippen molar-refractivity contribution in [2.45, 2.75) is 6.92 Å². The van der Waals surface area contributed by atoms with E-state index in [-0.39, 0.29) is 30.0 Å². The van der Waals surface area contributed by atoms with Crippen LogP contribution >= 0.6 is 0 Å². The van der Waals surface area contributed by atoms with Crippen molar-refractivity contribution in [3.8, 4) is 11.8 Å². The Balaban J connectivity index is 2.25. The zero-order valence-corrected chi connectivity index (χ0v) is 13.1. The second-order valence-corrected chi connectivity index (χ2v) is 5.86. The zero-order chi connectivity index (χ0) is 17.0. The van der Waals surface area contributed by atoms with E-state index in [1.807, 2.05) is 0 Å². The summed E-state index contributed by atoms with van der Waals surface area (Å²) in [6.45, 7) is 1.54. The Morgan fingerprint density at radius 2 is 2.13 bits per heavy atom. The molecular weight excluding hydrogens is 328 g/mol. The Labute approximate surface area is 131 Å². The maximum absolute atomic E-state index is 10.7. The number of anilines is 1. The maximum atomic E-state index is 10.7. The second-order valence-electron chi connectivity index (χ2n) is 4.29. The van der Waals surface area contributed by atoms with Gasteiger partial charge in [-0.05, 0) is 6.92 Å². The smallest absolute Gasteiger partial charge is 0.266 e. The molecule has 0 aliphatic carbocycles. The Hall–Kier alpha value is -2.67. The van der Waals surface area contributed by atoms with Gasteiger partial charge in [-0.15, -0.1) is 5.11 Å². The number of aryl methyl sites for hydroxylation is 1. The first-order chi connectivity index (χ1) is 10.8. The average Bonchev–Trinajstić information content (AvgIpc) is 2.75. The number of rotatable bonds is 6. The van der Waals surface area contributed by atoms with Gasteiger partial charge < -0.3 is 10.4 Å². The van der Waals surface area contributed by atoms with Crippen molar-refractivity contribution < 1.29 is 18.1 Å². The van der Waals surface area contributed by atoms with Crippen LogP contribution in [0.4, 0.5) is 11.6 Å². The van der Waals surface area contributed by atoms with Crippen LogP contribution in [0, 0.1) is 6.92 Å². The lowest BCUT2D eigenvalue weighted by Gasteiger charge is -2.05. The third kappa shape index (κ3) is 4.17. The summed E-state index contributed by atoms with van der Waals surface area (Å²) in [5.41, 5.74) is 0.614. The van der Waals surface area contributed by atoms with Crippen LogP contribution in [0.1, 0.15) is 5.69 Å². The van der Waals surface area contributed by atoms with E-state index < -0.39 is 15.9 Å². The van der Waals surface area contributed by atoms with Gasteiger partial charge in [0, 0.05) is 13.6 Å². The molecule has 0 fully saturated rings. The summed E-state index contributed by atoms with van der Waals surface area (Å²) in [6, 6.07) is 0. The number of hydrogen-bond acceptors (Lipinski definition) is 10. The standard InChI is InChI=1S/C10H14N8O4S/c1-6-7(16-11-2)8(19)18(17-6)10-14-5-13-9(15-10)12-3-4-23(20,21)22/h5,19H,3-4H2,1-2H3,(H,20,21,22)(H,12,13,14,15)/b16-11+. The summed E-state index contributed by atoms with van der Waals surface area (Å²) in [5.74, 6) is -0.721. The Morgan fingerprint density at radius 3 is 2.78 bits per heavy atom. The van der Waals surface area contributed by atoms with Gasteiger partial charge in [0.25, 0.3) is 16.1 Å². The van der Waals surface area contributed by atoms with Crippen molar-refractivity contribution in [2.24, 2.45) is 10.2 Å². The van der Waals surface area contributed by atoms with Gasteiger partial charge in [-0.25, -0.2) is 4.98 Å². The van der Waals surface area contributed by atoms with Crippen molar-refractivity contribution in [1.82, 2.24) is 24.7 Å². The van der Waals surface area contributed by atoms with Gasteiger partial charge in [-0.1, -0.05) is 0 Å². The molecule has 0 saturated heterocycles. The van der Waals surface area contributed by atoms with Crippen LogP contribution in [-0.4, -0.2) is 62.2 Å². The third-order valence-corrected chi connectivity index (χ3v) is 3.32. The normalized spacial score (nSPS) is 12.0. The van der Waals surface area contributed by atoms with Crippen molar-refractivity contribution in [3.05, 3.63) is 12.0 Å². The Bertz CT molecular complexity index is 831. The Kier molecular flexibility index (Phi) is 4.80. The summed E-state index contributed by atoms with van der Waals surface area (Å²) in [7, 11) is -2.63. The zero-order valence-electron chi connectivity index (χ0n) is 12.2. The molecule has 3 N–H and O–H groups in total. The fourth-order valence-corrected chi connectivity index (χ4v) is 1.99. The summed E-state index contributed by atoms with van der Waals surface area (Å²) in [5, 5.41) is 24.1. The summed E-state index contributed by atoms with van der Waals surface area (Å²) >= 11 is 0. The number of azo groups is 1. The quantitative estimate of drug-likeness (QED) is 0.486. The molecule has 0 saturated carbocycles. The Morgan fingerprint density at radius 1 is 1.39 bits per heavy atom. The third-order valence-electron chi connectivity index (χ3n) is 2.60. The highest BCUT2D eigenvalue weighted by Gasteiger charge is 2.17. The predicted molar refractivity (Wildman–Crippen MR) is 78.7 cm³/mol. The molecule has 0 bridgehead atoms. The van der Waals surface area contributed by atoms with E-state index in [9.17, 15) is 13.5 Å². The first-order valence-corrected chi connectivity index (χ1v) is 7.89. The summed E-state index contributed by atoms with van der Waals surface area (Å²) in [6.07, 6.45) is 1.16. The average molecular weight is 342 g/mol. The lowest BCUT2D eigenvalue weighted by Crippen LogP contribution is -2.16. The molecule has 0 aliphatic heterocycles. The molecule has 13 heteroatoms.